The van der Waals surface area contributed by atoms with E-state index in [0.29, 0.717) is 5.54 Å². The quantitative estimate of drug-likeness (QED) is 0.641. The fourth-order valence-corrected chi connectivity index (χ4v) is 2.41. The smallest absolute Gasteiger partial charge is 0.0594 e. The van der Waals surface area contributed by atoms with E-state index in [2.05, 4.69) is 17.1 Å². The van der Waals surface area contributed by atoms with Crippen LogP contribution in [0.15, 0.2) is 0 Å². The Bertz CT molecular complexity index is 160. The van der Waals surface area contributed by atoms with Crippen molar-refractivity contribution in [3.8, 4) is 0 Å². The van der Waals surface area contributed by atoms with E-state index in [1.165, 1.54) is 19.4 Å². The van der Waals surface area contributed by atoms with Crippen molar-refractivity contribution in [3.05, 3.63) is 0 Å². The van der Waals surface area contributed by atoms with Gasteiger partial charge in [0.15, 0.2) is 0 Å². The Labute approximate surface area is 80.4 Å². The van der Waals surface area contributed by atoms with Crippen LogP contribution in [-0.4, -0.2) is 49.8 Å². The molecule has 0 aromatic heterocycles. The average Bonchev–Trinajstić information content (AvgIpc) is 2.20. The van der Waals surface area contributed by atoms with Crippen molar-refractivity contribution in [3.63, 3.8) is 0 Å². The number of morpholine rings is 1. The van der Waals surface area contributed by atoms with Gasteiger partial charge in [-0.2, -0.15) is 0 Å². The molecule has 0 aromatic carbocycles. The summed E-state index contributed by atoms with van der Waals surface area (Å²) in [6, 6.07) is 0. The van der Waals surface area contributed by atoms with Gasteiger partial charge in [0.25, 0.3) is 0 Å². The third-order valence-electron chi connectivity index (χ3n) is 3.35. The lowest BCUT2D eigenvalue weighted by Crippen LogP contribution is -2.58. The lowest BCUT2D eigenvalue weighted by atomic mass is 9.90. The van der Waals surface area contributed by atoms with Crippen LogP contribution in [0.2, 0.25) is 0 Å². The van der Waals surface area contributed by atoms with Gasteiger partial charge in [-0.15, -0.1) is 0 Å². The summed E-state index contributed by atoms with van der Waals surface area (Å²) in [6.07, 6.45) is 2.65. The van der Waals surface area contributed by atoms with Crippen LogP contribution in [0.5, 0.6) is 0 Å². The van der Waals surface area contributed by atoms with Gasteiger partial charge in [-0.05, 0) is 26.3 Å². The molecule has 76 valence electrons. The maximum absolute atomic E-state index is 5.37. The molecule has 2 heterocycles. The van der Waals surface area contributed by atoms with Gasteiger partial charge in [0.2, 0.25) is 0 Å². The van der Waals surface area contributed by atoms with E-state index in [4.69, 9.17) is 4.74 Å². The topological polar surface area (TPSA) is 24.5 Å². The molecule has 0 spiro atoms. The average molecular weight is 184 g/mol. The first-order valence-electron chi connectivity index (χ1n) is 5.35. The monoisotopic (exact) mass is 184 g/mol. The number of ether oxygens (including phenoxy) is 1. The summed E-state index contributed by atoms with van der Waals surface area (Å²) in [5.41, 5.74) is 0.391. The molecule has 3 heteroatoms. The van der Waals surface area contributed by atoms with Gasteiger partial charge >= 0.3 is 0 Å². The van der Waals surface area contributed by atoms with Crippen LogP contribution in [0.25, 0.3) is 0 Å². The minimum absolute atomic E-state index is 0.391. The Kier molecular flexibility index (Phi) is 2.86. The van der Waals surface area contributed by atoms with Crippen molar-refractivity contribution < 1.29 is 4.74 Å². The Hall–Kier alpha value is -0.120. The lowest BCUT2D eigenvalue weighted by Gasteiger charge is -2.45. The lowest BCUT2D eigenvalue weighted by molar-refractivity contribution is -0.0243. The van der Waals surface area contributed by atoms with Crippen molar-refractivity contribution in [1.29, 1.82) is 0 Å². The van der Waals surface area contributed by atoms with E-state index in [-0.39, 0.29) is 0 Å². The Morgan fingerprint density at radius 1 is 1.31 bits per heavy atom. The SMILES string of the molecule is CC1(N2CCOCC2)CCCNC1. The number of nitrogens with one attached hydrogen (secondary N) is 1. The Balaban J connectivity index is 1.94. The molecule has 2 fully saturated rings. The minimum atomic E-state index is 0.391. The maximum Gasteiger partial charge on any atom is 0.0594 e. The highest BCUT2D eigenvalue weighted by atomic mass is 16.5. The molecule has 0 amide bonds. The van der Waals surface area contributed by atoms with Crippen molar-refractivity contribution in [2.75, 3.05) is 39.4 Å². The summed E-state index contributed by atoms with van der Waals surface area (Å²) < 4.78 is 5.37. The fourth-order valence-electron chi connectivity index (χ4n) is 2.41. The number of nitrogens with zero attached hydrogens (tertiary/aromatic N) is 1. The first kappa shape index (κ1) is 9.44. The van der Waals surface area contributed by atoms with Gasteiger partial charge in [-0.3, -0.25) is 4.90 Å². The predicted molar refractivity (Wildman–Crippen MR) is 52.9 cm³/mol. The summed E-state index contributed by atoms with van der Waals surface area (Å²) >= 11 is 0. The standard InChI is InChI=1S/C10H20N2O/c1-10(3-2-4-11-9-10)12-5-7-13-8-6-12/h11H,2-9H2,1H3. The van der Waals surface area contributed by atoms with E-state index in [0.717, 1.165) is 32.8 Å². The summed E-state index contributed by atoms with van der Waals surface area (Å²) in [5, 5.41) is 3.49. The van der Waals surface area contributed by atoms with Gasteiger partial charge < -0.3 is 10.1 Å². The molecular weight excluding hydrogens is 164 g/mol. The third-order valence-corrected chi connectivity index (χ3v) is 3.35. The minimum Gasteiger partial charge on any atom is -0.379 e. The van der Waals surface area contributed by atoms with Crippen LogP contribution >= 0.6 is 0 Å². The van der Waals surface area contributed by atoms with Crippen LogP contribution in [0.1, 0.15) is 19.8 Å². The zero-order chi connectivity index (χ0) is 9.15. The second kappa shape index (κ2) is 3.95. The first-order chi connectivity index (χ1) is 6.31. The molecule has 2 saturated heterocycles. The van der Waals surface area contributed by atoms with Crippen molar-refractivity contribution in [2.24, 2.45) is 0 Å². The number of hydrogen-bond acceptors (Lipinski definition) is 3. The first-order valence-corrected chi connectivity index (χ1v) is 5.35. The Morgan fingerprint density at radius 3 is 2.69 bits per heavy atom. The maximum atomic E-state index is 5.37. The van der Waals surface area contributed by atoms with Crippen LogP contribution in [0.4, 0.5) is 0 Å². The molecule has 1 N–H and O–H groups in total. The highest BCUT2D eigenvalue weighted by Gasteiger charge is 2.33. The molecule has 0 aliphatic carbocycles. The van der Waals surface area contributed by atoms with Gasteiger partial charge in [-0.25, -0.2) is 0 Å². The number of rotatable bonds is 1. The largest absolute Gasteiger partial charge is 0.379 e. The molecular formula is C10H20N2O. The zero-order valence-electron chi connectivity index (χ0n) is 8.51. The highest BCUT2D eigenvalue weighted by molar-refractivity contribution is 4.92. The van der Waals surface area contributed by atoms with Crippen LogP contribution in [0, 0.1) is 0 Å². The second-order valence-corrected chi connectivity index (χ2v) is 4.38. The van der Waals surface area contributed by atoms with Crippen LogP contribution < -0.4 is 5.32 Å². The van der Waals surface area contributed by atoms with E-state index in [1.54, 1.807) is 0 Å². The van der Waals surface area contributed by atoms with Gasteiger partial charge in [0.1, 0.15) is 0 Å². The summed E-state index contributed by atoms with van der Waals surface area (Å²) in [7, 11) is 0. The van der Waals surface area contributed by atoms with E-state index >= 15 is 0 Å². The van der Waals surface area contributed by atoms with Crippen LogP contribution in [-0.2, 0) is 4.74 Å². The predicted octanol–water partition coefficient (Wildman–Crippen LogP) is 0.461. The molecule has 2 rings (SSSR count). The molecule has 0 bridgehead atoms. The van der Waals surface area contributed by atoms with E-state index in [9.17, 15) is 0 Å². The Morgan fingerprint density at radius 2 is 2.08 bits per heavy atom. The molecule has 1 unspecified atom stereocenters. The molecule has 0 saturated carbocycles. The fraction of sp³-hybridized carbons (Fsp3) is 1.00. The molecule has 0 aromatic rings. The van der Waals surface area contributed by atoms with Gasteiger partial charge in [0.05, 0.1) is 13.2 Å². The van der Waals surface area contributed by atoms with Crippen molar-refractivity contribution in [1.82, 2.24) is 10.2 Å². The molecule has 13 heavy (non-hydrogen) atoms. The van der Waals surface area contributed by atoms with Gasteiger partial charge in [0, 0.05) is 25.2 Å². The zero-order valence-corrected chi connectivity index (χ0v) is 8.51. The second-order valence-electron chi connectivity index (χ2n) is 4.38. The van der Waals surface area contributed by atoms with E-state index in [1.807, 2.05) is 0 Å². The van der Waals surface area contributed by atoms with Crippen molar-refractivity contribution in [2.45, 2.75) is 25.3 Å². The molecule has 2 aliphatic heterocycles. The molecule has 0 radical (unpaired) electrons. The molecule has 2 aliphatic rings. The summed E-state index contributed by atoms with van der Waals surface area (Å²) in [6.45, 7) is 8.76. The summed E-state index contributed by atoms with van der Waals surface area (Å²) in [4.78, 5) is 2.59. The highest BCUT2D eigenvalue weighted by Crippen LogP contribution is 2.23. The van der Waals surface area contributed by atoms with Crippen LogP contribution in [0.3, 0.4) is 0 Å². The number of hydrogen-bond donors (Lipinski definition) is 1. The molecule has 3 nitrogen and oxygen atoms in total. The number of piperidine rings is 1. The third kappa shape index (κ3) is 2.03. The normalized spacial score (nSPS) is 37.6. The van der Waals surface area contributed by atoms with Gasteiger partial charge in [-0.1, -0.05) is 0 Å². The van der Waals surface area contributed by atoms with Crippen molar-refractivity contribution >= 4 is 0 Å². The summed E-state index contributed by atoms with van der Waals surface area (Å²) in [5.74, 6) is 0. The molecule has 1 atom stereocenters. The van der Waals surface area contributed by atoms with E-state index < -0.39 is 0 Å².